The van der Waals surface area contributed by atoms with Crippen molar-refractivity contribution < 1.29 is 0 Å². The second-order valence-corrected chi connectivity index (χ2v) is 6.62. The summed E-state index contributed by atoms with van der Waals surface area (Å²) in [6.45, 7) is 10.9. The zero-order chi connectivity index (χ0) is 14.5. The molecule has 1 aromatic carbocycles. The van der Waals surface area contributed by atoms with Gasteiger partial charge in [0.15, 0.2) is 0 Å². The highest BCUT2D eigenvalue weighted by Gasteiger charge is 2.14. The van der Waals surface area contributed by atoms with E-state index in [4.69, 9.17) is 11.6 Å². The van der Waals surface area contributed by atoms with E-state index < -0.39 is 0 Å². The molecular formula is C16H27ClN2. The van der Waals surface area contributed by atoms with Crippen molar-refractivity contribution in [2.75, 3.05) is 20.1 Å². The Labute approximate surface area is 123 Å². The molecule has 0 aromatic heterocycles. The maximum atomic E-state index is 6.25. The molecule has 0 saturated heterocycles. The van der Waals surface area contributed by atoms with Crippen molar-refractivity contribution in [3.05, 3.63) is 34.9 Å². The number of rotatable bonds is 6. The third kappa shape index (κ3) is 5.94. The standard InChI is InChI=1S/C16H27ClN2/c1-13(14-9-6-7-10-15(14)17)19(5)12-8-11-18-16(2,3)4/h6-7,9-10,13,18H,8,11-12H2,1-5H3. The van der Waals surface area contributed by atoms with Crippen LogP contribution in [-0.2, 0) is 0 Å². The Hall–Kier alpha value is -0.570. The molecule has 1 rings (SSSR count). The predicted molar refractivity (Wildman–Crippen MR) is 84.9 cm³/mol. The fourth-order valence-corrected chi connectivity index (χ4v) is 2.33. The van der Waals surface area contributed by atoms with Crippen LogP contribution in [0, 0.1) is 0 Å². The molecular weight excluding hydrogens is 256 g/mol. The molecule has 2 nitrogen and oxygen atoms in total. The topological polar surface area (TPSA) is 15.3 Å². The van der Waals surface area contributed by atoms with Crippen molar-refractivity contribution >= 4 is 11.6 Å². The molecule has 1 N–H and O–H groups in total. The van der Waals surface area contributed by atoms with Crippen LogP contribution in [0.2, 0.25) is 5.02 Å². The molecule has 0 heterocycles. The smallest absolute Gasteiger partial charge is 0.0453 e. The summed E-state index contributed by atoms with van der Waals surface area (Å²) in [4.78, 5) is 2.35. The number of nitrogens with one attached hydrogen (secondary N) is 1. The Morgan fingerprint density at radius 3 is 2.47 bits per heavy atom. The molecule has 0 saturated carbocycles. The molecule has 0 fully saturated rings. The summed E-state index contributed by atoms with van der Waals surface area (Å²) in [5.74, 6) is 0. The lowest BCUT2D eigenvalue weighted by Crippen LogP contribution is -2.37. The highest BCUT2D eigenvalue weighted by Crippen LogP contribution is 2.26. The van der Waals surface area contributed by atoms with Gasteiger partial charge in [-0.1, -0.05) is 29.8 Å². The molecule has 108 valence electrons. The monoisotopic (exact) mass is 282 g/mol. The van der Waals surface area contributed by atoms with Crippen LogP contribution in [0.4, 0.5) is 0 Å². The van der Waals surface area contributed by atoms with Gasteiger partial charge in [0.1, 0.15) is 0 Å². The second kappa shape index (κ2) is 7.28. The highest BCUT2D eigenvalue weighted by atomic mass is 35.5. The molecule has 1 unspecified atom stereocenters. The van der Waals surface area contributed by atoms with Gasteiger partial charge in [0.05, 0.1) is 0 Å². The normalized spacial score (nSPS) is 13.8. The first-order valence-corrected chi connectivity index (χ1v) is 7.39. The minimum atomic E-state index is 0.201. The summed E-state index contributed by atoms with van der Waals surface area (Å²) < 4.78 is 0. The van der Waals surface area contributed by atoms with E-state index in [9.17, 15) is 0 Å². The fourth-order valence-electron chi connectivity index (χ4n) is 2.04. The lowest BCUT2D eigenvalue weighted by molar-refractivity contribution is 0.253. The fraction of sp³-hybridized carbons (Fsp3) is 0.625. The zero-order valence-electron chi connectivity index (χ0n) is 12.8. The van der Waals surface area contributed by atoms with Gasteiger partial charge in [-0.3, -0.25) is 4.90 Å². The van der Waals surface area contributed by atoms with E-state index in [-0.39, 0.29) is 5.54 Å². The van der Waals surface area contributed by atoms with E-state index in [1.165, 1.54) is 5.56 Å². The van der Waals surface area contributed by atoms with Gasteiger partial charge in [0.2, 0.25) is 0 Å². The van der Waals surface area contributed by atoms with Crippen molar-refractivity contribution in [2.24, 2.45) is 0 Å². The van der Waals surface area contributed by atoms with Crippen molar-refractivity contribution in [3.8, 4) is 0 Å². The van der Waals surface area contributed by atoms with Gasteiger partial charge in [0, 0.05) is 16.6 Å². The molecule has 19 heavy (non-hydrogen) atoms. The first kappa shape index (κ1) is 16.5. The maximum Gasteiger partial charge on any atom is 0.0453 e. The molecule has 0 aliphatic carbocycles. The summed E-state index contributed by atoms with van der Waals surface area (Å²) in [6.07, 6.45) is 1.14. The molecule has 0 bridgehead atoms. The van der Waals surface area contributed by atoms with Gasteiger partial charge in [-0.25, -0.2) is 0 Å². The van der Waals surface area contributed by atoms with Gasteiger partial charge in [-0.05, 0) is 65.9 Å². The van der Waals surface area contributed by atoms with Crippen molar-refractivity contribution in [3.63, 3.8) is 0 Å². The SMILES string of the molecule is CC(c1ccccc1Cl)N(C)CCCNC(C)(C)C. The summed E-state index contributed by atoms with van der Waals surface area (Å²) in [5, 5.41) is 4.37. The van der Waals surface area contributed by atoms with Gasteiger partial charge in [-0.15, -0.1) is 0 Å². The van der Waals surface area contributed by atoms with E-state index in [0.717, 1.165) is 24.5 Å². The van der Waals surface area contributed by atoms with Crippen LogP contribution in [0.3, 0.4) is 0 Å². The number of halogens is 1. The first-order valence-electron chi connectivity index (χ1n) is 7.01. The summed E-state index contributed by atoms with van der Waals surface area (Å²) in [5.41, 5.74) is 1.41. The first-order chi connectivity index (χ1) is 8.81. The number of nitrogens with zero attached hydrogens (tertiary/aromatic N) is 1. The lowest BCUT2D eigenvalue weighted by atomic mass is 10.1. The average molecular weight is 283 g/mol. The second-order valence-electron chi connectivity index (χ2n) is 6.21. The van der Waals surface area contributed by atoms with Crippen LogP contribution in [0.15, 0.2) is 24.3 Å². The lowest BCUT2D eigenvalue weighted by Gasteiger charge is -2.27. The average Bonchev–Trinajstić information content (AvgIpc) is 2.33. The molecule has 1 atom stereocenters. The number of hydrogen-bond donors (Lipinski definition) is 1. The Kier molecular flexibility index (Phi) is 6.31. The van der Waals surface area contributed by atoms with Gasteiger partial charge in [0.25, 0.3) is 0 Å². The Balaban J connectivity index is 2.41. The van der Waals surface area contributed by atoms with E-state index >= 15 is 0 Å². The molecule has 0 aliphatic heterocycles. The van der Waals surface area contributed by atoms with Gasteiger partial charge >= 0.3 is 0 Å². The van der Waals surface area contributed by atoms with Crippen LogP contribution >= 0.6 is 11.6 Å². The van der Waals surface area contributed by atoms with Crippen molar-refractivity contribution in [1.29, 1.82) is 0 Å². The third-order valence-corrected chi connectivity index (χ3v) is 3.70. The molecule has 0 amide bonds. The molecule has 0 radical (unpaired) electrons. The van der Waals surface area contributed by atoms with E-state index in [1.54, 1.807) is 0 Å². The van der Waals surface area contributed by atoms with E-state index in [0.29, 0.717) is 6.04 Å². The molecule has 1 aromatic rings. The minimum absolute atomic E-state index is 0.201. The number of benzene rings is 1. The van der Waals surface area contributed by atoms with Crippen molar-refractivity contribution in [2.45, 2.75) is 45.7 Å². The van der Waals surface area contributed by atoms with Gasteiger partial charge < -0.3 is 5.32 Å². The number of hydrogen-bond acceptors (Lipinski definition) is 2. The summed E-state index contributed by atoms with van der Waals surface area (Å²) in [7, 11) is 2.16. The summed E-state index contributed by atoms with van der Waals surface area (Å²) >= 11 is 6.25. The highest BCUT2D eigenvalue weighted by molar-refractivity contribution is 6.31. The molecule has 0 spiro atoms. The molecule has 3 heteroatoms. The zero-order valence-corrected chi connectivity index (χ0v) is 13.6. The Morgan fingerprint density at radius 2 is 1.89 bits per heavy atom. The largest absolute Gasteiger partial charge is 0.312 e. The van der Waals surface area contributed by atoms with Crippen LogP contribution < -0.4 is 5.32 Å². The van der Waals surface area contributed by atoms with E-state index in [1.807, 2.05) is 18.2 Å². The maximum absolute atomic E-state index is 6.25. The van der Waals surface area contributed by atoms with Crippen LogP contribution in [0.25, 0.3) is 0 Å². The third-order valence-electron chi connectivity index (χ3n) is 3.36. The predicted octanol–water partition coefficient (Wildman–Crippen LogP) is 4.11. The summed E-state index contributed by atoms with van der Waals surface area (Å²) in [6, 6.07) is 8.45. The minimum Gasteiger partial charge on any atom is -0.312 e. The molecule has 0 aliphatic rings. The Morgan fingerprint density at radius 1 is 1.26 bits per heavy atom. The van der Waals surface area contributed by atoms with Gasteiger partial charge in [-0.2, -0.15) is 0 Å². The van der Waals surface area contributed by atoms with Crippen LogP contribution in [-0.4, -0.2) is 30.6 Å². The van der Waals surface area contributed by atoms with Crippen molar-refractivity contribution in [1.82, 2.24) is 10.2 Å². The quantitative estimate of drug-likeness (QED) is 0.790. The van der Waals surface area contributed by atoms with Crippen LogP contribution in [0.1, 0.15) is 45.7 Å². The van der Waals surface area contributed by atoms with Crippen LogP contribution in [0.5, 0.6) is 0 Å². The Bertz CT molecular complexity index is 385. The van der Waals surface area contributed by atoms with E-state index in [2.05, 4.69) is 51.0 Å².